The molecule has 7 nitrogen and oxygen atoms in total. The molecule has 1 heterocycles. The van der Waals surface area contributed by atoms with Crippen molar-refractivity contribution in [3.05, 3.63) is 78.4 Å². The molecule has 8 heteroatoms. The number of sulfonamides is 1. The van der Waals surface area contributed by atoms with Crippen LogP contribution in [0.15, 0.2) is 77.7 Å². The van der Waals surface area contributed by atoms with E-state index in [2.05, 4.69) is 30.5 Å². The molecule has 4 aromatic rings. The second kappa shape index (κ2) is 9.46. The fraction of sp³-hybridized carbons (Fsp3) is 0.222. The van der Waals surface area contributed by atoms with Gasteiger partial charge < -0.3 is 14.5 Å². The van der Waals surface area contributed by atoms with Gasteiger partial charge in [-0.2, -0.15) is 0 Å². The van der Waals surface area contributed by atoms with Gasteiger partial charge in [-0.1, -0.05) is 63.2 Å². The molecule has 0 atom stereocenters. The highest BCUT2D eigenvalue weighted by Gasteiger charge is 2.21. The summed E-state index contributed by atoms with van der Waals surface area (Å²) < 4.78 is 39.1. The average molecular weight is 493 g/mol. The van der Waals surface area contributed by atoms with Gasteiger partial charge in [-0.3, -0.25) is 4.72 Å². The number of benzene rings is 3. The zero-order chi connectivity index (χ0) is 25.2. The van der Waals surface area contributed by atoms with E-state index >= 15 is 0 Å². The van der Waals surface area contributed by atoms with E-state index in [0.717, 1.165) is 11.1 Å². The van der Waals surface area contributed by atoms with Crippen LogP contribution in [0.2, 0.25) is 0 Å². The number of aromatic nitrogens is 1. The summed E-state index contributed by atoms with van der Waals surface area (Å²) in [4.78, 5) is 15.3. The van der Waals surface area contributed by atoms with Crippen molar-refractivity contribution >= 4 is 32.8 Å². The first-order valence-electron chi connectivity index (χ1n) is 11.3. The number of hydrogen-bond acceptors (Lipinski definition) is 5. The Morgan fingerprint density at radius 3 is 2.29 bits per heavy atom. The quantitative estimate of drug-likeness (QED) is 0.301. The highest BCUT2D eigenvalue weighted by molar-refractivity contribution is 7.92. The summed E-state index contributed by atoms with van der Waals surface area (Å²) in [6, 6.07) is 21.4. The molecule has 0 unspecified atom stereocenters. The predicted octanol–water partition coefficient (Wildman–Crippen LogP) is 6.47. The van der Waals surface area contributed by atoms with Crippen LogP contribution in [0.4, 0.5) is 10.5 Å². The summed E-state index contributed by atoms with van der Waals surface area (Å²) in [7, 11) is -3.81. The molecule has 0 amide bonds. The molecular formula is C27H28N2O5S. The van der Waals surface area contributed by atoms with Crippen LogP contribution in [-0.4, -0.2) is 26.2 Å². The fourth-order valence-electron chi connectivity index (χ4n) is 3.78. The molecule has 35 heavy (non-hydrogen) atoms. The van der Waals surface area contributed by atoms with E-state index in [1.165, 1.54) is 0 Å². The van der Waals surface area contributed by atoms with Crippen molar-refractivity contribution in [3.63, 3.8) is 0 Å². The summed E-state index contributed by atoms with van der Waals surface area (Å²) in [6.07, 6.45) is -0.823. The third-order valence-corrected chi connectivity index (χ3v) is 6.95. The van der Waals surface area contributed by atoms with E-state index in [4.69, 9.17) is 9.47 Å². The van der Waals surface area contributed by atoms with Crippen molar-refractivity contribution in [1.82, 2.24) is 4.98 Å². The molecule has 0 spiro atoms. The highest BCUT2D eigenvalue weighted by Crippen LogP contribution is 2.39. The molecule has 0 fully saturated rings. The minimum absolute atomic E-state index is 0.0772. The number of aromatic amines is 1. The summed E-state index contributed by atoms with van der Waals surface area (Å²) in [5, 5.41) is 0.693. The van der Waals surface area contributed by atoms with Gasteiger partial charge in [-0.05, 0) is 53.8 Å². The lowest BCUT2D eigenvalue weighted by Gasteiger charge is -2.19. The van der Waals surface area contributed by atoms with E-state index in [9.17, 15) is 13.2 Å². The summed E-state index contributed by atoms with van der Waals surface area (Å²) >= 11 is 0. The molecule has 3 aromatic carbocycles. The number of H-pyrrole nitrogens is 1. The molecule has 0 aliphatic rings. The first kappa shape index (κ1) is 24.3. The van der Waals surface area contributed by atoms with Gasteiger partial charge in [0.15, 0.2) is 0 Å². The Bertz CT molecular complexity index is 1450. The van der Waals surface area contributed by atoms with E-state index in [1.807, 2.05) is 42.5 Å². The molecule has 2 N–H and O–H groups in total. The highest BCUT2D eigenvalue weighted by atomic mass is 32.2. The molecule has 0 radical (unpaired) electrons. The average Bonchev–Trinajstić information content (AvgIpc) is 3.16. The Labute approximate surface area is 205 Å². The fourth-order valence-corrected chi connectivity index (χ4v) is 4.83. The number of fused-ring (bicyclic) bond motifs is 1. The van der Waals surface area contributed by atoms with Gasteiger partial charge in [0.2, 0.25) is 5.88 Å². The van der Waals surface area contributed by atoms with Gasteiger partial charge in [0.05, 0.1) is 17.1 Å². The lowest BCUT2D eigenvalue weighted by molar-refractivity contribution is 0.103. The van der Waals surface area contributed by atoms with Gasteiger partial charge in [0, 0.05) is 16.6 Å². The Morgan fingerprint density at radius 1 is 0.971 bits per heavy atom. The zero-order valence-electron chi connectivity index (χ0n) is 20.1. The number of ether oxygens (including phenoxy) is 2. The minimum Gasteiger partial charge on any atom is -0.434 e. The number of hydrogen-bond donors (Lipinski definition) is 2. The normalized spacial score (nSPS) is 11.9. The molecule has 0 saturated heterocycles. The monoisotopic (exact) mass is 492 g/mol. The Morgan fingerprint density at radius 2 is 1.66 bits per heavy atom. The standard InChI is InChI=1S/C27H28N2O5S/c1-5-33-26(30)34-25-24(18-9-7-6-8-10-18)22-17-20(13-16-23(22)28-25)29-35(31,32)21-14-11-19(12-15-21)27(2,3)4/h6-17,28-29H,5H2,1-4H3. The minimum atomic E-state index is -3.81. The number of nitrogens with one attached hydrogen (secondary N) is 2. The van der Waals surface area contributed by atoms with Crippen molar-refractivity contribution in [2.24, 2.45) is 0 Å². The number of carbonyl (C=O) groups excluding carboxylic acids is 1. The van der Waals surface area contributed by atoms with Gasteiger partial charge in [0.1, 0.15) is 0 Å². The molecule has 0 saturated carbocycles. The summed E-state index contributed by atoms with van der Waals surface area (Å²) in [6.45, 7) is 8.10. The lowest BCUT2D eigenvalue weighted by atomic mass is 9.87. The van der Waals surface area contributed by atoms with Crippen molar-refractivity contribution in [3.8, 4) is 17.0 Å². The SMILES string of the molecule is CCOC(=O)Oc1[nH]c2ccc(NS(=O)(=O)c3ccc(C(C)(C)C)cc3)cc2c1-c1ccccc1. The molecule has 1 aromatic heterocycles. The van der Waals surface area contributed by atoms with E-state index in [1.54, 1.807) is 37.3 Å². The van der Waals surface area contributed by atoms with Crippen LogP contribution in [-0.2, 0) is 20.2 Å². The van der Waals surface area contributed by atoms with Gasteiger partial charge in [0.25, 0.3) is 10.0 Å². The van der Waals surface area contributed by atoms with Gasteiger partial charge in [-0.25, -0.2) is 13.2 Å². The molecule has 182 valence electrons. The first-order valence-corrected chi connectivity index (χ1v) is 12.8. The van der Waals surface area contributed by atoms with Crippen LogP contribution in [0.3, 0.4) is 0 Å². The van der Waals surface area contributed by atoms with Crippen LogP contribution in [0.1, 0.15) is 33.3 Å². The molecule has 0 bridgehead atoms. The maximum atomic E-state index is 13.1. The van der Waals surface area contributed by atoms with E-state index < -0.39 is 16.2 Å². The molecule has 4 rings (SSSR count). The smallest absolute Gasteiger partial charge is 0.434 e. The van der Waals surface area contributed by atoms with Crippen molar-refractivity contribution in [2.75, 3.05) is 11.3 Å². The predicted molar refractivity (Wildman–Crippen MR) is 137 cm³/mol. The second-order valence-electron chi connectivity index (χ2n) is 9.12. The largest absolute Gasteiger partial charge is 0.515 e. The van der Waals surface area contributed by atoms with Crippen molar-refractivity contribution < 1.29 is 22.7 Å². The van der Waals surface area contributed by atoms with Gasteiger partial charge >= 0.3 is 6.16 Å². The Balaban J connectivity index is 1.72. The Hall–Kier alpha value is -3.78. The first-order chi connectivity index (χ1) is 16.6. The van der Waals surface area contributed by atoms with Gasteiger partial charge in [-0.15, -0.1) is 0 Å². The van der Waals surface area contributed by atoms with Crippen LogP contribution < -0.4 is 9.46 Å². The number of rotatable bonds is 6. The zero-order valence-corrected chi connectivity index (χ0v) is 20.9. The summed E-state index contributed by atoms with van der Waals surface area (Å²) in [5.41, 5.74) is 3.47. The van der Waals surface area contributed by atoms with Crippen molar-refractivity contribution in [1.29, 1.82) is 0 Å². The maximum absolute atomic E-state index is 13.1. The third kappa shape index (κ3) is 5.33. The molecule has 0 aliphatic heterocycles. The topological polar surface area (TPSA) is 97.5 Å². The van der Waals surface area contributed by atoms with E-state index in [-0.39, 0.29) is 22.8 Å². The molecule has 0 aliphatic carbocycles. The van der Waals surface area contributed by atoms with Crippen molar-refractivity contribution in [2.45, 2.75) is 38.0 Å². The third-order valence-electron chi connectivity index (χ3n) is 5.56. The summed E-state index contributed by atoms with van der Waals surface area (Å²) in [5.74, 6) is 0.224. The van der Waals surface area contributed by atoms with Crippen LogP contribution in [0, 0.1) is 0 Å². The number of carbonyl (C=O) groups is 1. The van der Waals surface area contributed by atoms with Crippen LogP contribution in [0.5, 0.6) is 5.88 Å². The maximum Gasteiger partial charge on any atom is 0.515 e. The number of anilines is 1. The second-order valence-corrected chi connectivity index (χ2v) is 10.8. The molecular weight excluding hydrogens is 464 g/mol. The van der Waals surface area contributed by atoms with Crippen LogP contribution >= 0.6 is 0 Å². The van der Waals surface area contributed by atoms with E-state index in [0.29, 0.717) is 22.2 Å². The Kier molecular flexibility index (Phi) is 6.58. The van der Waals surface area contributed by atoms with Crippen LogP contribution in [0.25, 0.3) is 22.0 Å². The lowest BCUT2D eigenvalue weighted by Crippen LogP contribution is -2.14.